The lowest BCUT2D eigenvalue weighted by Gasteiger charge is -2.09. The molecule has 0 amide bonds. The molecular weight excluding hydrogens is 222 g/mol. The van der Waals surface area contributed by atoms with E-state index in [1.807, 2.05) is 6.92 Å². The average molecular weight is 234 g/mol. The molecule has 1 aromatic carbocycles. The molecule has 0 aliphatic rings. The Morgan fingerprint density at radius 2 is 2.24 bits per heavy atom. The van der Waals surface area contributed by atoms with Crippen molar-refractivity contribution in [3.05, 3.63) is 23.9 Å². The number of aromatic amines is 1. The van der Waals surface area contributed by atoms with Crippen LogP contribution in [-0.4, -0.2) is 24.7 Å². The fourth-order valence-electron chi connectivity index (χ4n) is 1.72. The predicted molar refractivity (Wildman–Crippen MR) is 60.4 cm³/mol. The number of carboxylic acids is 1. The van der Waals surface area contributed by atoms with E-state index in [-0.39, 0.29) is 5.69 Å². The molecule has 2 rings (SSSR count). The van der Waals surface area contributed by atoms with Gasteiger partial charge < -0.3 is 24.4 Å². The van der Waals surface area contributed by atoms with Crippen LogP contribution in [0.15, 0.2) is 18.2 Å². The first-order valence-electron chi connectivity index (χ1n) is 5.21. The Balaban J connectivity index is 2.66. The first kappa shape index (κ1) is 11.3. The van der Waals surface area contributed by atoms with Crippen LogP contribution in [0.2, 0.25) is 0 Å². The van der Waals surface area contributed by atoms with Crippen LogP contribution in [0.5, 0.6) is 11.5 Å². The standard InChI is InChI=1S/C12H13NO4/c1-3-17-11-7-6-9(12(14)15)13-8(7)4-5-10(11)16-2/h4-6,13H,3H2,1-2H3,(H,14,15)/p-1. The molecule has 0 fully saturated rings. The van der Waals surface area contributed by atoms with Gasteiger partial charge in [0.15, 0.2) is 11.5 Å². The Hall–Kier alpha value is -2.17. The number of aromatic nitrogens is 1. The van der Waals surface area contributed by atoms with E-state index in [2.05, 4.69) is 4.98 Å². The Bertz CT molecular complexity index is 559. The molecule has 1 heterocycles. The minimum Gasteiger partial charge on any atom is -0.543 e. The third-order valence-electron chi connectivity index (χ3n) is 2.45. The second-order valence-electron chi connectivity index (χ2n) is 3.46. The van der Waals surface area contributed by atoms with Crippen LogP contribution in [0, 0.1) is 0 Å². The summed E-state index contributed by atoms with van der Waals surface area (Å²) in [6.07, 6.45) is 0. The van der Waals surface area contributed by atoms with Gasteiger partial charge in [-0.2, -0.15) is 0 Å². The third kappa shape index (κ3) is 1.91. The van der Waals surface area contributed by atoms with Gasteiger partial charge in [0.2, 0.25) is 0 Å². The number of fused-ring (bicyclic) bond motifs is 1. The molecule has 0 aliphatic heterocycles. The first-order valence-corrected chi connectivity index (χ1v) is 5.21. The lowest BCUT2D eigenvalue weighted by Crippen LogP contribution is -2.22. The monoisotopic (exact) mass is 234 g/mol. The molecule has 90 valence electrons. The zero-order valence-corrected chi connectivity index (χ0v) is 9.57. The maximum absolute atomic E-state index is 10.8. The molecule has 0 saturated carbocycles. The Morgan fingerprint density at radius 3 is 2.82 bits per heavy atom. The minimum atomic E-state index is -1.25. The van der Waals surface area contributed by atoms with Crippen molar-refractivity contribution in [3.63, 3.8) is 0 Å². The zero-order chi connectivity index (χ0) is 12.4. The number of nitrogens with one attached hydrogen (secondary N) is 1. The van der Waals surface area contributed by atoms with Gasteiger partial charge in [-0.1, -0.05) is 0 Å². The summed E-state index contributed by atoms with van der Waals surface area (Å²) in [5, 5.41) is 11.5. The number of methoxy groups -OCH3 is 1. The van der Waals surface area contributed by atoms with Gasteiger partial charge in [0.1, 0.15) is 0 Å². The number of H-pyrrole nitrogens is 1. The summed E-state index contributed by atoms with van der Waals surface area (Å²) in [7, 11) is 1.54. The van der Waals surface area contributed by atoms with Crippen molar-refractivity contribution in [2.75, 3.05) is 13.7 Å². The SMILES string of the molecule is CCOc1c(OC)ccc2[nH]c(C(=O)[O-])cc12. The number of hydrogen-bond acceptors (Lipinski definition) is 4. The maximum atomic E-state index is 10.8. The molecule has 1 aromatic heterocycles. The molecule has 0 atom stereocenters. The Morgan fingerprint density at radius 1 is 1.47 bits per heavy atom. The molecule has 0 aliphatic carbocycles. The number of carbonyl (C=O) groups is 1. The van der Waals surface area contributed by atoms with E-state index in [4.69, 9.17) is 9.47 Å². The number of ether oxygens (including phenoxy) is 2. The van der Waals surface area contributed by atoms with Gasteiger partial charge in [0, 0.05) is 10.9 Å². The summed E-state index contributed by atoms with van der Waals surface area (Å²) in [4.78, 5) is 13.5. The normalized spacial score (nSPS) is 10.5. The largest absolute Gasteiger partial charge is 0.543 e. The van der Waals surface area contributed by atoms with Gasteiger partial charge in [0.25, 0.3) is 0 Å². The summed E-state index contributed by atoms with van der Waals surface area (Å²) in [6, 6.07) is 4.95. The molecule has 5 heteroatoms. The summed E-state index contributed by atoms with van der Waals surface area (Å²) >= 11 is 0. The topological polar surface area (TPSA) is 74.4 Å². The molecule has 5 nitrogen and oxygen atoms in total. The van der Waals surface area contributed by atoms with Crippen molar-refractivity contribution in [1.29, 1.82) is 0 Å². The van der Waals surface area contributed by atoms with Gasteiger partial charge in [-0.25, -0.2) is 0 Å². The van der Waals surface area contributed by atoms with Gasteiger partial charge in [-0.3, -0.25) is 0 Å². The van der Waals surface area contributed by atoms with E-state index in [9.17, 15) is 9.90 Å². The van der Waals surface area contributed by atoms with Crippen molar-refractivity contribution in [2.45, 2.75) is 6.92 Å². The molecule has 0 saturated heterocycles. The van der Waals surface area contributed by atoms with Crippen molar-refractivity contribution >= 4 is 16.9 Å². The minimum absolute atomic E-state index is 0.0224. The number of carbonyl (C=O) groups excluding carboxylic acids is 1. The number of hydrogen-bond donors (Lipinski definition) is 1. The number of carboxylic acid groups (broad SMARTS) is 1. The quantitative estimate of drug-likeness (QED) is 0.854. The second-order valence-corrected chi connectivity index (χ2v) is 3.46. The lowest BCUT2D eigenvalue weighted by molar-refractivity contribution is -0.255. The second kappa shape index (κ2) is 4.37. The van der Waals surface area contributed by atoms with Crippen LogP contribution in [0.25, 0.3) is 10.9 Å². The molecule has 0 spiro atoms. The Kier molecular flexibility index (Phi) is 2.91. The van der Waals surface area contributed by atoms with Gasteiger partial charge in [-0.15, -0.1) is 0 Å². The maximum Gasteiger partial charge on any atom is 0.170 e. The van der Waals surface area contributed by atoms with E-state index in [0.29, 0.717) is 29.0 Å². The van der Waals surface area contributed by atoms with E-state index in [0.717, 1.165) is 0 Å². The molecule has 2 aromatic rings. The van der Waals surface area contributed by atoms with Crippen LogP contribution in [0.3, 0.4) is 0 Å². The highest BCUT2D eigenvalue weighted by atomic mass is 16.5. The lowest BCUT2D eigenvalue weighted by atomic mass is 10.2. The molecule has 17 heavy (non-hydrogen) atoms. The number of benzene rings is 1. The average Bonchev–Trinajstić information content (AvgIpc) is 2.74. The fraction of sp³-hybridized carbons (Fsp3) is 0.250. The van der Waals surface area contributed by atoms with Crippen molar-refractivity contribution in [1.82, 2.24) is 4.98 Å². The summed E-state index contributed by atoms with van der Waals surface area (Å²) in [5.41, 5.74) is 0.697. The molecule has 0 radical (unpaired) electrons. The van der Waals surface area contributed by atoms with Crippen molar-refractivity contribution in [2.24, 2.45) is 0 Å². The van der Waals surface area contributed by atoms with Gasteiger partial charge in [-0.05, 0) is 25.1 Å². The van der Waals surface area contributed by atoms with E-state index < -0.39 is 5.97 Å². The van der Waals surface area contributed by atoms with Crippen LogP contribution >= 0.6 is 0 Å². The first-order chi connectivity index (χ1) is 8.17. The highest BCUT2D eigenvalue weighted by Gasteiger charge is 2.12. The van der Waals surface area contributed by atoms with Gasteiger partial charge in [0.05, 0.1) is 25.4 Å². The summed E-state index contributed by atoms with van der Waals surface area (Å²) in [6.45, 7) is 2.33. The number of aromatic carboxylic acids is 1. The molecule has 1 N–H and O–H groups in total. The molecular formula is C12H12NO4-. The van der Waals surface area contributed by atoms with Gasteiger partial charge >= 0.3 is 0 Å². The van der Waals surface area contributed by atoms with E-state index in [1.165, 1.54) is 13.2 Å². The van der Waals surface area contributed by atoms with Crippen molar-refractivity contribution < 1.29 is 19.4 Å². The summed E-state index contributed by atoms with van der Waals surface area (Å²) < 4.78 is 10.6. The zero-order valence-electron chi connectivity index (χ0n) is 9.57. The smallest absolute Gasteiger partial charge is 0.170 e. The van der Waals surface area contributed by atoms with Crippen LogP contribution in [0.4, 0.5) is 0 Å². The highest BCUT2D eigenvalue weighted by Crippen LogP contribution is 2.35. The van der Waals surface area contributed by atoms with Crippen LogP contribution < -0.4 is 14.6 Å². The highest BCUT2D eigenvalue weighted by molar-refractivity contribution is 5.96. The van der Waals surface area contributed by atoms with Crippen LogP contribution in [-0.2, 0) is 0 Å². The van der Waals surface area contributed by atoms with Crippen LogP contribution in [0.1, 0.15) is 17.4 Å². The van der Waals surface area contributed by atoms with E-state index in [1.54, 1.807) is 12.1 Å². The van der Waals surface area contributed by atoms with Crippen molar-refractivity contribution in [3.8, 4) is 11.5 Å². The summed E-state index contributed by atoms with van der Waals surface area (Å²) in [5.74, 6) is -0.137. The molecule has 0 bridgehead atoms. The number of rotatable bonds is 4. The fourth-order valence-corrected chi connectivity index (χ4v) is 1.72. The third-order valence-corrected chi connectivity index (χ3v) is 2.45. The predicted octanol–water partition coefficient (Wildman–Crippen LogP) is 0.939. The van der Waals surface area contributed by atoms with E-state index >= 15 is 0 Å². The Labute approximate surface area is 98.0 Å². The molecule has 0 unspecified atom stereocenters.